The zero-order valence-corrected chi connectivity index (χ0v) is 20.2. The van der Waals surface area contributed by atoms with Crippen molar-refractivity contribution in [1.29, 1.82) is 0 Å². The van der Waals surface area contributed by atoms with E-state index in [2.05, 4.69) is 27.4 Å². The Morgan fingerprint density at radius 1 is 1.14 bits per heavy atom. The molecule has 0 bridgehead atoms. The number of rotatable bonds is 7. The number of carbonyl (C=O) groups excluding carboxylic acids is 1. The fraction of sp³-hybridized carbons (Fsp3) is 0.333. The highest BCUT2D eigenvalue weighted by Crippen LogP contribution is 2.37. The van der Waals surface area contributed by atoms with Gasteiger partial charge < -0.3 is 10.1 Å². The first kappa shape index (κ1) is 23.7. The molecular weight excluding hydrogens is 458 g/mol. The summed E-state index contributed by atoms with van der Waals surface area (Å²) in [7, 11) is 0. The van der Waals surface area contributed by atoms with Crippen molar-refractivity contribution < 1.29 is 14.5 Å². The topological polar surface area (TPSA) is 103 Å². The van der Waals surface area contributed by atoms with Crippen molar-refractivity contribution in [1.82, 2.24) is 14.7 Å². The van der Waals surface area contributed by atoms with Gasteiger partial charge in [-0.25, -0.2) is 9.48 Å². The molecule has 0 radical (unpaired) electrons. The number of nitro groups is 1. The number of esters is 1. The molecule has 9 nitrogen and oxygen atoms in total. The van der Waals surface area contributed by atoms with Gasteiger partial charge in [-0.3, -0.25) is 15.0 Å². The zero-order chi connectivity index (χ0) is 25.1. The Morgan fingerprint density at radius 2 is 1.92 bits per heavy atom. The van der Waals surface area contributed by atoms with Gasteiger partial charge in [0.2, 0.25) is 0 Å². The number of nitrogens with one attached hydrogen (secondary N) is 1. The van der Waals surface area contributed by atoms with Crippen LogP contribution in [0.25, 0.3) is 0 Å². The normalized spacial score (nSPS) is 18.8. The van der Waals surface area contributed by atoms with Crippen LogP contribution in [0.15, 0.2) is 78.1 Å². The summed E-state index contributed by atoms with van der Waals surface area (Å²) in [6.07, 6.45) is 5.10. The Labute approximate surface area is 209 Å². The lowest BCUT2D eigenvalue weighted by molar-refractivity contribution is -0.384. The number of carbonyl (C=O) groups is 1. The molecule has 5 rings (SSSR count). The van der Waals surface area contributed by atoms with Crippen molar-refractivity contribution in [3.05, 3.63) is 99.4 Å². The molecule has 1 aromatic heterocycles. The molecule has 3 heterocycles. The smallest absolute Gasteiger partial charge is 0.338 e. The van der Waals surface area contributed by atoms with Gasteiger partial charge in [0.1, 0.15) is 18.5 Å². The van der Waals surface area contributed by atoms with Crippen LogP contribution in [0, 0.1) is 10.1 Å². The number of fused-ring (bicyclic) bond motifs is 1. The van der Waals surface area contributed by atoms with Crippen molar-refractivity contribution in [3.63, 3.8) is 0 Å². The number of hydrogen-bond donors (Lipinski definition) is 1. The van der Waals surface area contributed by atoms with Gasteiger partial charge in [0.25, 0.3) is 5.69 Å². The Hall–Kier alpha value is -3.98. The van der Waals surface area contributed by atoms with Gasteiger partial charge >= 0.3 is 5.97 Å². The molecule has 0 saturated carbocycles. The Kier molecular flexibility index (Phi) is 6.81. The summed E-state index contributed by atoms with van der Waals surface area (Å²) in [5.41, 5.74) is 2.69. The highest BCUT2D eigenvalue weighted by Gasteiger charge is 2.35. The maximum Gasteiger partial charge on any atom is 0.338 e. The fourth-order valence-electron chi connectivity index (χ4n) is 5.14. The van der Waals surface area contributed by atoms with Crippen molar-refractivity contribution >= 4 is 17.5 Å². The summed E-state index contributed by atoms with van der Waals surface area (Å²) in [4.78, 5) is 27.0. The van der Waals surface area contributed by atoms with Gasteiger partial charge in [-0.05, 0) is 44.0 Å². The predicted octanol–water partition coefficient (Wildman–Crippen LogP) is 4.85. The standard InChI is InChI=1S/C27H29N5O4/c1-19-25(26(31-24(29-19)13-14-28-31)21-11-8-12-22(17-21)32(34)35)27(33)36-18-23(20-9-4-2-5-10-20)30-15-6-3-7-16-30/h2,4-5,8-14,17,23,26,29H,3,6-7,15-16,18H2,1H3. The van der Waals surface area contributed by atoms with E-state index in [9.17, 15) is 14.9 Å². The van der Waals surface area contributed by atoms with Crippen LogP contribution in [-0.4, -0.2) is 45.3 Å². The number of likely N-dealkylation sites (tertiary alicyclic amines) is 1. The van der Waals surface area contributed by atoms with Crippen LogP contribution in [0.4, 0.5) is 11.5 Å². The zero-order valence-electron chi connectivity index (χ0n) is 20.2. The average Bonchev–Trinajstić information content (AvgIpc) is 3.37. The van der Waals surface area contributed by atoms with Crippen LogP contribution in [0.2, 0.25) is 0 Å². The maximum atomic E-state index is 13.6. The third-order valence-electron chi connectivity index (χ3n) is 6.91. The first-order valence-corrected chi connectivity index (χ1v) is 12.2. The molecular formula is C27H29N5O4. The van der Waals surface area contributed by atoms with Crippen LogP contribution in [0.3, 0.4) is 0 Å². The maximum absolute atomic E-state index is 13.6. The van der Waals surface area contributed by atoms with E-state index in [1.165, 1.54) is 18.6 Å². The minimum absolute atomic E-state index is 0.0376. The summed E-state index contributed by atoms with van der Waals surface area (Å²) in [6.45, 7) is 3.96. The van der Waals surface area contributed by atoms with Crippen LogP contribution >= 0.6 is 0 Å². The molecule has 0 amide bonds. The minimum atomic E-state index is -0.645. The summed E-state index contributed by atoms with van der Waals surface area (Å²) in [6, 6.07) is 17.6. The molecule has 0 aliphatic carbocycles. The number of allylic oxidation sites excluding steroid dienone is 1. The second kappa shape index (κ2) is 10.3. The average molecular weight is 488 g/mol. The van der Waals surface area contributed by atoms with Gasteiger partial charge in [0, 0.05) is 23.9 Å². The summed E-state index contributed by atoms with van der Waals surface area (Å²) >= 11 is 0. The summed E-state index contributed by atoms with van der Waals surface area (Å²) in [5, 5.41) is 19.1. The number of benzene rings is 2. The molecule has 3 aromatic rings. The molecule has 1 saturated heterocycles. The van der Waals surface area contributed by atoms with Crippen LogP contribution in [-0.2, 0) is 9.53 Å². The number of hydrogen-bond acceptors (Lipinski definition) is 7. The number of non-ortho nitro benzene ring substituents is 1. The highest BCUT2D eigenvalue weighted by molar-refractivity contribution is 5.92. The molecule has 186 valence electrons. The van der Waals surface area contributed by atoms with Gasteiger partial charge in [-0.15, -0.1) is 0 Å². The van der Waals surface area contributed by atoms with E-state index >= 15 is 0 Å². The first-order chi connectivity index (χ1) is 17.5. The van der Waals surface area contributed by atoms with Gasteiger partial charge in [0.15, 0.2) is 0 Å². The van der Waals surface area contributed by atoms with Crippen molar-refractivity contribution in [2.24, 2.45) is 0 Å². The molecule has 2 aliphatic rings. The molecule has 2 atom stereocenters. The monoisotopic (exact) mass is 487 g/mol. The van der Waals surface area contributed by atoms with Crippen molar-refractivity contribution in [2.75, 3.05) is 25.0 Å². The number of nitro benzene ring substituents is 1. The van der Waals surface area contributed by atoms with E-state index < -0.39 is 16.9 Å². The number of nitrogens with zero attached hydrogens (tertiary/aromatic N) is 4. The van der Waals surface area contributed by atoms with Gasteiger partial charge in [-0.1, -0.05) is 48.9 Å². The quantitative estimate of drug-likeness (QED) is 0.289. The Morgan fingerprint density at radius 3 is 2.67 bits per heavy atom. The summed E-state index contributed by atoms with van der Waals surface area (Å²) in [5.74, 6) is 0.242. The van der Waals surface area contributed by atoms with Crippen LogP contribution < -0.4 is 5.32 Å². The van der Waals surface area contributed by atoms with Gasteiger partial charge in [0.05, 0.1) is 22.7 Å². The van der Waals surface area contributed by atoms with Crippen molar-refractivity contribution in [2.45, 2.75) is 38.3 Å². The van der Waals surface area contributed by atoms with E-state index in [1.54, 1.807) is 29.1 Å². The minimum Gasteiger partial charge on any atom is -0.460 e. The van der Waals surface area contributed by atoms with E-state index in [0.29, 0.717) is 22.7 Å². The molecule has 36 heavy (non-hydrogen) atoms. The molecule has 2 aliphatic heterocycles. The molecule has 9 heteroatoms. The third-order valence-corrected chi connectivity index (χ3v) is 6.91. The SMILES string of the molecule is CC1=C(C(=O)OCC(c2ccccc2)N2CCCCC2)C(c2cccc([N+](=O)[O-])c2)n2nccc2N1. The Balaban J connectivity index is 1.44. The second-order valence-corrected chi connectivity index (χ2v) is 9.20. The molecule has 2 aromatic carbocycles. The van der Waals surface area contributed by atoms with E-state index in [-0.39, 0.29) is 18.3 Å². The Bertz CT molecular complexity index is 1280. The lowest BCUT2D eigenvalue weighted by atomic mass is 9.95. The van der Waals surface area contributed by atoms with E-state index in [4.69, 9.17) is 4.74 Å². The third kappa shape index (κ3) is 4.74. The first-order valence-electron chi connectivity index (χ1n) is 12.2. The fourth-order valence-corrected chi connectivity index (χ4v) is 5.14. The summed E-state index contributed by atoms with van der Waals surface area (Å²) < 4.78 is 7.66. The lowest BCUT2D eigenvalue weighted by Crippen LogP contribution is -2.37. The van der Waals surface area contributed by atoms with Crippen LogP contribution in [0.1, 0.15) is 49.4 Å². The molecule has 0 spiro atoms. The molecule has 1 N–H and O–H groups in total. The number of anilines is 1. The molecule has 1 fully saturated rings. The lowest BCUT2D eigenvalue weighted by Gasteiger charge is -2.35. The second-order valence-electron chi connectivity index (χ2n) is 9.20. The predicted molar refractivity (Wildman–Crippen MR) is 135 cm³/mol. The number of aromatic nitrogens is 2. The van der Waals surface area contributed by atoms with E-state index in [1.807, 2.05) is 25.1 Å². The largest absolute Gasteiger partial charge is 0.460 e. The molecule has 2 unspecified atom stereocenters. The van der Waals surface area contributed by atoms with Gasteiger partial charge in [-0.2, -0.15) is 5.10 Å². The van der Waals surface area contributed by atoms with E-state index in [0.717, 1.165) is 31.5 Å². The van der Waals surface area contributed by atoms with Crippen molar-refractivity contribution in [3.8, 4) is 0 Å². The number of piperidine rings is 1. The highest BCUT2D eigenvalue weighted by atomic mass is 16.6. The van der Waals surface area contributed by atoms with Crippen LogP contribution in [0.5, 0.6) is 0 Å². The number of ether oxygens (including phenoxy) is 1.